The van der Waals surface area contributed by atoms with Crippen LogP contribution in [-0.4, -0.2) is 41.6 Å². The van der Waals surface area contributed by atoms with Gasteiger partial charge in [0.2, 0.25) is 11.1 Å². The second-order valence-electron chi connectivity index (χ2n) is 5.60. The molecule has 0 aliphatic carbocycles. The first-order chi connectivity index (χ1) is 12.6. The Bertz CT molecular complexity index is 941. The zero-order chi connectivity index (χ0) is 18.5. The third-order valence-electron chi connectivity index (χ3n) is 3.43. The molecule has 0 radical (unpaired) electrons. The van der Waals surface area contributed by atoms with Gasteiger partial charge in [0.05, 0.1) is 23.7 Å². The first kappa shape index (κ1) is 17.6. The summed E-state index contributed by atoms with van der Waals surface area (Å²) in [5.74, 6) is 0.174. The van der Waals surface area contributed by atoms with E-state index in [1.807, 2.05) is 50.2 Å². The van der Waals surface area contributed by atoms with Crippen LogP contribution in [0.2, 0.25) is 0 Å². The molecule has 0 saturated heterocycles. The Labute approximate surface area is 154 Å². The Morgan fingerprint density at radius 2 is 2.12 bits per heavy atom. The zero-order valence-electron chi connectivity index (χ0n) is 14.2. The maximum absolute atomic E-state index is 12.4. The van der Waals surface area contributed by atoms with Crippen LogP contribution in [0.5, 0.6) is 0 Å². The van der Waals surface area contributed by atoms with Gasteiger partial charge in [0.15, 0.2) is 5.82 Å². The molecule has 0 atom stereocenters. The predicted octanol–water partition coefficient (Wildman–Crippen LogP) is 2.04. The molecule has 3 rings (SSSR count). The smallest absolute Gasteiger partial charge is 0.236 e. The summed E-state index contributed by atoms with van der Waals surface area (Å²) in [6.07, 6.45) is 1.43. The second-order valence-corrected chi connectivity index (χ2v) is 6.55. The van der Waals surface area contributed by atoms with Crippen molar-refractivity contribution in [3.05, 3.63) is 42.1 Å². The molecule has 9 nitrogen and oxygen atoms in total. The summed E-state index contributed by atoms with van der Waals surface area (Å²) in [7, 11) is 0. The van der Waals surface area contributed by atoms with Gasteiger partial charge in [-0.25, -0.2) is 9.36 Å². The van der Waals surface area contributed by atoms with Gasteiger partial charge in [0.25, 0.3) is 0 Å². The van der Waals surface area contributed by atoms with Crippen molar-refractivity contribution in [1.29, 1.82) is 5.26 Å². The molecule has 0 fully saturated rings. The predicted molar refractivity (Wildman–Crippen MR) is 95.8 cm³/mol. The Balaban J connectivity index is 1.74. The van der Waals surface area contributed by atoms with Gasteiger partial charge in [-0.05, 0) is 36.4 Å². The highest BCUT2D eigenvalue weighted by Crippen LogP contribution is 2.21. The van der Waals surface area contributed by atoms with E-state index < -0.39 is 0 Å². The van der Waals surface area contributed by atoms with E-state index in [2.05, 4.69) is 25.9 Å². The van der Waals surface area contributed by atoms with Crippen LogP contribution < -0.4 is 5.32 Å². The number of carbonyl (C=O) groups is 1. The first-order valence-electron chi connectivity index (χ1n) is 7.84. The lowest BCUT2D eigenvalue weighted by atomic mass is 10.3. The lowest BCUT2D eigenvalue weighted by Crippen LogP contribution is -2.18. The van der Waals surface area contributed by atoms with Crippen molar-refractivity contribution in [2.24, 2.45) is 0 Å². The molecule has 1 N–H and O–H groups in total. The summed E-state index contributed by atoms with van der Waals surface area (Å²) in [6, 6.07) is 11.4. The van der Waals surface area contributed by atoms with Crippen LogP contribution in [0.15, 0.2) is 41.7 Å². The summed E-state index contributed by atoms with van der Waals surface area (Å²) in [4.78, 5) is 12.4. The molecule has 3 aromatic rings. The van der Waals surface area contributed by atoms with Gasteiger partial charge < -0.3 is 5.32 Å². The summed E-state index contributed by atoms with van der Waals surface area (Å²) in [5, 5.41) is 28.2. The molecule has 2 aromatic heterocycles. The fourth-order valence-electron chi connectivity index (χ4n) is 2.22. The van der Waals surface area contributed by atoms with Gasteiger partial charge in [-0.1, -0.05) is 30.0 Å². The van der Waals surface area contributed by atoms with Gasteiger partial charge in [0.1, 0.15) is 11.6 Å². The zero-order valence-corrected chi connectivity index (χ0v) is 15.0. The van der Waals surface area contributed by atoms with Crippen LogP contribution in [0, 0.1) is 11.3 Å². The van der Waals surface area contributed by atoms with E-state index >= 15 is 0 Å². The normalized spacial score (nSPS) is 10.7. The number of benzene rings is 1. The molecule has 132 valence electrons. The molecule has 10 heteroatoms. The Kier molecular flexibility index (Phi) is 5.28. The number of nitrogens with zero attached hydrogens (tertiary/aromatic N) is 7. The van der Waals surface area contributed by atoms with E-state index in [1.165, 1.54) is 22.6 Å². The third-order valence-corrected chi connectivity index (χ3v) is 4.37. The van der Waals surface area contributed by atoms with Gasteiger partial charge in [-0.3, -0.25) is 4.79 Å². The Morgan fingerprint density at radius 3 is 2.81 bits per heavy atom. The lowest BCUT2D eigenvalue weighted by Gasteiger charge is -2.10. The van der Waals surface area contributed by atoms with E-state index in [0.717, 1.165) is 5.69 Å². The van der Waals surface area contributed by atoms with Crippen molar-refractivity contribution in [3.8, 4) is 11.8 Å². The number of thioether (sulfide) groups is 1. The number of para-hydroxylation sites is 1. The van der Waals surface area contributed by atoms with E-state index in [9.17, 15) is 10.1 Å². The highest BCUT2D eigenvalue weighted by molar-refractivity contribution is 7.99. The second kappa shape index (κ2) is 7.79. The molecule has 26 heavy (non-hydrogen) atoms. The number of anilines is 1. The van der Waals surface area contributed by atoms with Crippen LogP contribution in [0.25, 0.3) is 5.69 Å². The number of hydrogen-bond acceptors (Lipinski definition) is 7. The van der Waals surface area contributed by atoms with Crippen molar-refractivity contribution < 1.29 is 4.79 Å². The number of aromatic nitrogens is 6. The molecule has 0 saturated carbocycles. The van der Waals surface area contributed by atoms with E-state index in [1.54, 1.807) is 4.68 Å². The number of amides is 1. The minimum atomic E-state index is -0.275. The largest absolute Gasteiger partial charge is 0.309 e. The summed E-state index contributed by atoms with van der Waals surface area (Å²) >= 11 is 1.23. The maximum atomic E-state index is 12.4. The van der Waals surface area contributed by atoms with Gasteiger partial charge >= 0.3 is 0 Å². The van der Waals surface area contributed by atoms with E-state index in [-0.39, 0.29) is 17.7 Å². The Morgan fingerprint density at radius 1 is 1.35 bits per heavy atom. The summed E-state index contributed by atoms with van der Waals surface area (Å²) in [6.45, 7) is 3.91. The molecular formula is C16H16N8OS. The minimum absolute atomic E-state index is 0.0975. The molecule has 1 amide bonds. The quantitative estimate of drug-likeness (QED) is 0.662. The highest BCUT2D eigenvalue weighted by atomic mass is 32.2. The minimum Gasteiger partial charge on any atom is -0.309 e. The van der Waals surface area contributed by atoms with Crippen molar-refractivity contribution in [3.63, 3.8) is 0 Å². The molecule has 0 unspecified atom stereocenters. The Hall–Kier alpha value is -3.19. The fraction of sp³-hybridized carbons (Fsp3) is 0.250. The van der Waals surface area contributed by atoms with Crippen LogP contribution in [-0.2, 0) is 4.79 Å². The highest BCUT2D eigenvalue weighted by Gasteiger charge is 2.17. The topological polar surface area (TPSA) is 114 Å². The lowest BCUT2D eigenvalue weighted by molar-refractivity contribution is -0.113. The van der Waals surface area contributed by atoms with Crippen molar-refractivity contribution in [1.82, 2.24) is 30.0 Å². The van der Waals surface area contributed by atoms with Crippen LogP contribution in [0.3, 0.4) is 0 Å². The van der Waals surface area contributed by atoms with E-state index in [0.29, 0.717) is 16.5 Å². The number of carbonyl (C=O) groups excluding carboxylic acids is 1. The van der Waals surface area contributed by atoms with Crippen molar-refractivity contribution in [2.45, 2.75) is 25.0 Å². The number of nitriles is 1. The van der Waals surface area contributed by atoms with Crippen LogP contribution in [0.4, 0.5) is 5.82 Å². The monoisotopic (exact) mass is 368 g/mol. The van der Waals surface area contributed by atoms with Gasteiger partial charge in [0, 0.05) is 0 Å². The average molecular weight is 368 g/mol. The molecule has 1 aromatic carbocycles. The molecule has 0 spiro atoms. The number of tetrazole rings is 1. The van der Waals surface area contributed by atoms with Crippen molar-refractivity contribution in [2.75, 3.05) is 11.1 Å². The van der Waals surface area contributed by atoms with E-state index in [4.69, 9.17) is 0 Å². The fourth-order valence-corrected chi connectivity index (χ4v) is 3.02. The SMILES string of the molecule is CC(C)n1nnnc1SCC(=O)Nc1c(C#N)cnn1-c1ccccc1. The van der Waals surface area contributed by atoms with Crippen LogP contribution in [0.1, 0.15) is 25.5 Å². The number of nitrogens with one attached hydrogen (secondary N) is 1. The standard InChI is InChI=1S/C16H16N8OS/c1-11(2)23-16(20-21-22-23)26-10-14(25)19-15-12(8-17)9-18-24(15)13-6-4-3-5-7-13/h3-7,9,11H,10H2,1-2H3,(H,19,25). The van der Waals surface area contributed by atoms with Crippen LogP contribution >= 0.6 is 11.8 Å². The van der Waals surface area contributed by atoms with Gasteiger partial charge in [-0.2, -0.15) is 10.4 Å². The molecule has 0 aliphatic heterocycles. The summed E-state index contributed by atoms with van der Waals surface area (Å²) in [5.41, 5.74) is 1.04. The van der Waals surface area contributed by atoms with Gasteiger partial charge in [-0.15, -0.1) is 5.10 Å². The number of hydrogen-bond donors (Lipinski definition) is 1. The van der Waals surface area contributed by atoms with Crippen molar-refractivity contribution >= 4 is 23.5 Å². The summed E-state index contributed by atoms with van der Waals surface area (Å²) < 4.78 is 3.17. The first-order valence-corrected chi connectivity index (χ1v) is 8.82. The molecular weight excluding hydrogens is 352 g/mol. The number of rotatable bonds is 6. The maximum Gasteiger partial charge on any atom is 0.236 e. The molecule has 0 bridgehead atoms. The average Bonchev–Trinajstić information content (AvgIpc) is 3.27. The third kappa shape index (κ3) is 3.73. The molecule has 2 heterocycles. The molecule has 0 aliphatic rings.